The highest BCUT2D eigenvalue weighted by Gasteiger charge is 2.44. The molecule has 0 spiro atoms. The molecule has 0 aromatic carbocycles. The molecule has 1 aliphatic rings. The topological polar surface area (TPSA) is 178 Å². The SMILES string of the molecule is NCCCCNc1nc(N)nc2c1ncn2C1O[C@H](CO)[C@@H](O)[C@H]1O. The van der Waals surface area contributed by atoms with Crippen LogP contribution in [0.2, 0.25) is 0 Å². The molecule has 138 valence electrons. The molecule has 1 fully saturated rings. The first-order chi connectivity index (χ1) is 12.1. The van der Waals surface area contributed by atoms with Crippen LogP contribution < -0.4 is 16.8 Å². The van der Waals surface area contributed by atoms with Crippen LogP contribution in [0.5, 0.6) is 0 Å². The summed E-state index contributed by atoms with van der Waals surface area (Å²) in [7, 11) is 0. The minimum atomic E-state index is -1.23. The number of nitrogen functional groups attached to an aromatic ring is 1. The van der Waals surface area contributed by atoms with Crippen molar-refractivity contribution in [1.29, 1.82) is 0 Å². The highest BCUT2D eigenvalue weighted by atomic mass is 16.6. The van der Waals surface area contributed by atoms with Crippen LogP contribution >= 0.6 is 0 Å². The molecule has 11 nitrogen and oxygen atoms in total. The summed E-state index contributed by atoms with van der Waals surface area (Å²) in [5.41, 5.74) is 12.1. The van der Waals surface area contributed by atoms with Gasteiger partial charge in [0.1, 0.15) is 18.3 Å². The van der Waals surface area contributed by atoms with E-state index in [0.29, 0.717) is 30.1 Å². The second-order valence-corrected chi connectivity index (χ2v) is 5.91. The zero-order valence-electron chi connectivity index (χ0n) is 13.6. The van der Waals surface area contributed by atoms with Gasteiger partial charge in [0, 0.05) is 6.54 Å². The molecule has 3 rings (SSSR count). The van der Waals surface area contributed by atoms with Crippen molar-refractivity contribution in [1.82, 2.24) is 19.5 Å². The number of fused-ring (bicyclic) bond motifs is 1. The maximum atomic E-state index is 10.2. The van der Waals surface area contributed by atoms with Crippen LogP contribution in [0.25, 0.3) is 11.2 Å². The zero-order chi connectivity index (χ0) is 18.0. The maximum Gasteiger partial charge on any atom is 0.224 e. The fourth-order valence-corrected chi connectivity index (χ4v) is 2.83. The lowest BCUT2D eigenvalue weighted by molar-refractivity contribution is -0.0511. The molecule has 0 amide bonds. The first-order valence-corrected chi connectivity index (χ1v) is 8.13. The molecule has 1 saturated heterocycles. The van der Waals surface area contributed by atoms with Crippen molar-refractivity contribution in [3.8, 4) is 0 Å². The number of hydrogen-bond acceptors (Lipinski definition) is 10. The molecule has 0 radical (unpaired) electrons. The first kappa shape index (κ1) is 17.8. The van der Waals surface area contributed by atoms with Crippen LogP contribution in [0.1, 0.15) is 19.1 Å². The van der Waals surface area contributed by atoms with E-state index in [1.54, 1.807) is 0 Å². The molecule has 4 atom stereocenters. The Bertz CT molecular complexity index is 725. The Kier molecular flexibility index (Phi) is 5.30. The first-order valence-electron chi connectivity index (χ1n) is 8.13. The Hall–Kier alpha value is -2.05. The molecule has 0 saturated carbocycles. The van der Waals surface area contributed by atoms with Crippen LogP contribution in [0.4, 0.5) is 11.8 Å². The second kappa shape index (κ2) is 7.45. The van der Waals surface area contributed by atoms with Gasteiger partial charge in [0.2, 0.25) is 5.95 Å². The van der Waals surface area contributed by atoms with E-state index in [1.165, 1.54) is 10.9 Å². The molecule has 1 unspecified atom stereocenters. The van der Waals surface area contributed by atoms with E-state index in [9.17, 15) is 15.3 Å². The Labute approximate surface area is 143 Å². The molecular formula is C14H23N7O4. The second-order valence-electron chi connectivity index (χ2n) is 5.91. The number of aliphatic hydroxyl groups excluding tert-OH is 3. The van der Waals surface area contributed by atoms with Gasteiger partial charge in [0.05, 0.1) is 12.9 Å². The molecule has 0 aliphatic carbocycles. The third kappa shape index (κ3) is 3.37. The highest BCUT2D eigenvalue weighted by Crippen LogP contribution is 2.32. The van der Waals surface area contributed by atoms with E-state index in [2.05, 4.69) is 20.3 Å². The van der Waals surface area contributed by atoms with Crippen molar-refractivity contribution in [2.75, 3.05) is 30.7 Å². The Balaban J connectivity index is 1.89. The van der Waals surface area contributed by atoms with Gasteiger partial charge in [-0.2, -0.15) is 9.97 Å². The molecule has 1 aliphatic heterocycles. The monoisotopic (exact) mass is 353 g/mol. The molecule has 11 heteroatoms. The van der Waals surface area contributed by atoms with Gasteiger partial charge >= 0.3 is 0 Å². The number of hydrogen-bond donors (Lipinski definition) is 6. The summed E-state index contributed by atoms with van der Waals surface area (Å²) in [6, 6.07) is 0. The smallest absolute Gasteiger partial charge is 0.224 e. The van der Waals surface area contributed by atoms with Gasteiger partial charge in [-0.15, -0.1) is 0 Å². The Morgan fingerprint density at radius 3 is 2.72 bits per heavy atom. The van der Waals surface area contributed by atoms with Gasteiger partial charge in [-0.3, -0.25) is 4.57 Å². The number of nitrogens with zero attached hydrogens (tertiary/aromatic N) is 4. The van der Waals surface area contributed by atoms with Crippen molar-refractivity contribution in [2.45, 2.75) is 37.4 Å². The van der Waals surface area contributed by atoms with Crippen molar-refractivity contribution in [3.05, 3.63) is 6.33 Å². The predicted octanol–water partition coefficient (Wildman–Crippen LogP) is -1.83. The van der Waals surface area contributed by atoms with Gasteiger partial charge in [0.25, 0.3) is 0 Å². The third-order valence-electron chi connectivity index (χ3n) is 4.15. The van der Waals surface area contributed by atoms with Gasteiger partial charge in [-0.25, -0.2) is 4.98 Å². The molecule has 8 N–H and O–H groups in total. The summed E-state index contributed by atoms with van der Waals surface area (Å²) in [5, 5.41) is 32.5. The lowest BCUT2D eigenvalue weighted by atomic mass is 10.1. The minimum Gasteiger partial charge on any atom is -0.394 e. The zero-order valence-corrected chi connectivity index (χ0v) is 13.6. The average molecular weight is 353 g/mol. The van der Waals surface area contributed by atoms with E-state index in [0.717, 1.165) is 12.8 Å². The van der Waals surface area contributed by atoms with E-state index in [-0.39, 0.29) is 5.95 Å². The lowest BCUT2D eigenvalue weighted by Crippen LogP contribution is -2.33. The average Bonchev–Trinajstić information content (AvgIpc) is 3.13. The normalized spacial score (nSPS) is 26.4. The summed E-state index contributed by atoms with van der Waals surface area (Å²) < 4.78 is 6.99. The van der Waals surface area contributed by atoms with Crippen molar-refractivity contribution in [3.63, 3.8) is 0 Å². The third-order valence-corrected chi connectivity index (χ3v) is 4.15. The van der Waals surface area contributed by atoms with Crippen molar-refractivity contribution < 1.29 is 20.1 Å². The number of rotatable bonds is 7. The number of imidazole rings is 1. The standard InChI is InChI=1S/C14H23N7O4/c15-3-1-2-4-17-11-8-12(20-14(16)19-11)21(6-18-8)13-10(24)9(23)7(5-22)25-13/h6-7,9-10,13,22-24H,1-5,15H2,(H3,16,17,19,20)/t7-,9-,10-,13?/m1/s1. The fraction of sp³-hybridized carbons (Fsp3) is 0.643. The number of anilines is 2. The van der Waals surface area contributed by atoms with E-state index >= 15 is 0 Å². The van der Waals surface area contributed by atoms with E-state index in [1.807, 2.05) is 0 Å². The molecule has 2 aromatic rings. The van der Waals surface area contributed by atoms with Gasteiger partial charge in [-0.1, -0.05) is 0 Å². The van der Waals surface area contributed by atoms with Crippen LogP contribution in [0.3, 0.4) is 0 Å². The summed E-state index contributed by atoms with van der Waals surface area (Å²) in [4.78, 5) is 12.6. The van der Waals surface area contributed by atoms with Gasteiger partial charge in [-0.05, 0) is 19.4 Å². The Morgan fingerprint density at radius 1 is 1.24 bits per heavy atom. The number of nitrogens with one attached hydrogen (secondary N) is 1. The number of nitrogens with two attached hydrogens (primary N) is 2. The number of ether oxygens (including phenoxy) is 1. The quantitative estimate of drug-likeness (QED) is 0.310. The van der Waals surface area contributed by atoms with Crippen molar-refractivity contribution >= 4 is 22.9 Å². The molecule has 2 aromatic heterocycles. The van der Waals surface area contributed by atoms with Gasteiger partial charge < -0.3 is 36.8 Å². The molecular weight excluding hydrogens is 330 g/mol. The summed E-state index contributed by atoms with van der Waals surface area (Å²) in [6.07, 6.45) is -1.07. The molecule has 25 heavy (non-hydrogen) atoms. The van der Waals surface area contributed by atoms with Crippen LogP contribution in [0, 0.1) is 0 Å². The van der Waals surface area contributed by atoms with Crippen LogP contribution in [-0.2, 0) is 4.74 Å². The fourth-order valence-electron chi connectivity index (χ4n) is 2.83. The van der Waals surface area contributed by atoms with E-state index in [4.69, 9.17) is 16.2 Å². The van der Waals surface area contributed by atoms with Gasteiger partial charge in [0.15, 0.2) is 23.2 Å². The minimum absolute atomic E-state index is 0.0438. The van der Waals surface area contributed by atoms with Crippen molar-refractivity contribution in [2.24, 2.45) is 5.73 Å². The molecule has 0 bridgehead atoms. The van der Waals surface area contributed by atoms with Crippen LogP contribution in [-0.4, -0.2) is 72.8 Å². The number of aliphatic hydroxyl groups is 3. The van der Waals surface area contributed by atoms with E-state index < -0.39 is 31.1 Å². The largest absolute Gasteiger partial charge is 0.394 e. The predicted molar refractivity (Wildman–Crippen MR) is 89.5 cm³/mol. The summed E-state index contributed by atoms with van der Waals surface area (Å²) >= 11 is 0. The summed E-state index contributed by atoms with van der Waals surface area (Å²) in [6.45, 7) is 0.860. The Morgan fingerprint density at radius 2 is 2.04 bits per heavy atom. The summed E-state index contributed by atoms with van der Waals surface area (Å²) in [5.74, 6) is 0.521. The lowest BCUT2D eigenvalue weighted by Gasteiger charge is -2.16. The highest BCUT2D eigenvalue weighted by molar-refractivity contribution is 5.84. The number of unbranched alkanes of at least 4 members (excludes halogenated alkanes) is 1. The number of aromatic nitrogens is 4. The molecule has 3 heterocycles. The van der Waals surface area contributed by atoms with Crippen LogP contribution in [0.15, 0.2) is 6.33 Å². The maximum absolute atomic E-state index is 10.2.